The monoisotopic (exact) mass is 302 g/mol. The number of hydrogen-bond acceptors (Lipinski definition) is 4. The van der Waals surface area contributed by atoms with E-state index in [-0.39, 0.29) is 18.7 Å². The third-order valence-corrected chi connectivity index (χ3v) is 3.84. The fourth-order valence-electron chi connectivity index (χ4n) is 2.24. The molecular formula is C18H22O4. The van der Waals surface area contributed by atoms with E-state index in [9.17, 15) is 9.90 Å². The van der Waals surface area contributed by atoms with Gasteiger partial charge in [-0.25, -0.2) is 4.79 Å². The molecule has 1 aromatic carbocycles. The Labute approximate surface area is 131 Å². The standard InChI is InChI=1S/C18H22O4/c1-5-11(2)18(20)21-10-12(3)17-9-15-8-14(13(4)19)6-7-16(15)22-17/h5-8,13,17,19H,3,9-10H2,1-2,4H3/t13-,17+/m1/s1. The second-order valence-corrected chi connectivity index (χ2v) is 5.56. The van der Waals surface area contributed by atoms with Crippen molar-refractivity contribution < 1.29 is 19.4 Å². The van der Waals surface area contributed by atoms with Crippen molar-refractivity contribution in [2.75, 3.05) is 6.61 Å². The molecule has 2 atom stereocenters. The molecule has 0 fully saturated rings. The number of carbonyl (C=O) groups is 1. The first-order valence-corrected chi connectivity index (χ1v) is 7.37. The number of aliphatic hydroxyl groups excluding tert-OH is 1. The highest BCUT2D eigenvalue weighted by atomic mass is 16.5. The topological polar surface area (TPSA) is 55.8 Å². The molecule has 0 unspecified atom stereocenters. The zero-order valence-corrected chi connectivity index (χ0v) is 13.3. The van der Waals surface area contributed by atoms with Gasteiger partial charge in [-0.15, -0.1) is 0 Å². The van der Waals surface area contributed by atoms with E-state index in [1.165, 1.54) is 0 Å². The van der Waals surface area contributed by atoms with E-state index < -0.39 is 6.10 Å². The largest absolute Gasteiger partial charge is 0.485 e. The minimum atomic E-state index is -0.502. The highest BCUT2D eigenvalue weighted by molar-refractivity contribution is 5.87. The molecule has 0 radical (unpaired) electrons. The molecule has 0 bridgehead atoms. The summed E-state index contributed by atoms with van der Waals surface area (Å²) in [7, 11) is 0. The smallest absolute Gasteiger partial charge is 0.333 e. The predicted octanol–water partition coefficient (Wildman–Crippen LogP) is 3.11. The number of hydrogen-bond donors (Lipinski definition) is 1. The maximum Gasteiger partial charge on any atom is 0.333 e. The zero-order chi connectivity index (χ0) is 16.3. The molecule has 1 aliphatic rings. The average Bonchev–Trinajstić information content (AvgIpc) is 2.94. The maximum atomic E-state index is 11.6. The number of allylic oxidation sites excluding steroid dienone is 1. The SMILES string of the molecule is C=C(COC(=O)C(C)=CC)[C@@H]1Cc2cc([C@@H](C)O)ccc2O1. The Morgan fingerprint density at radius 2 is 2.32 bits per heavy atom. The first-order valence-electron chi connectivity index (χ1n) is 7.37. The molecule has 4 heteroatoms. The van der Waals surface area contributed by atoms with Crippen LogP contribution in [-0.4, -0.2) is 23.8 Å². The summed E-state index contributed by atoms with van der Waals surface area (Å²) < 4.78 is 11.0. The number of ether oxygens (including phenoxy) is 2. The number of benzene rings is 1. The minimum Gasteiger partial charge on any atom is -0.485 e. The Kier molecular flexibility index (Phi) is 5.03. The molecule has 1 heterocycles. The van der Waals surface area contributed by atoms with Crippen molar-refractivity contribution in [1.82, 2.24) is 0 Å². The lowest BCUT2D eigenvalue weighted by atomic mass is 10.0. The molecule has 4 nitrogen and oxygen atoms in total. The van der Waals surface area contributed by atoms with Crippen molar-refractivity contribution in [1.29, 1.82) is 0 Å². The fourth-order valence-corrected chi connectivity index (χ4v) is 2.24. The van der Waals surface area contributed by atoms with Gasteiger partial charge in [-0.3, -0.25) is 0 Å². The lowest BCUT2D eigenvalue weighted by Gasteiger charge is -2.14. The summed E-state index contributed by atoms with van der Waals surface area (Å²) in [6, 6.07) is 5.66. The van der Waals surface area contributed by atoms with E-state index in [0.29, 0.717) is 12.0 Å². The Bertz CT molecular complexity index is 614. The van der Waals surface area contributed by atoms with Crippen LogP contribution in [0, 0.1) is 0 Å². The van der Waals surface area contributed by atoms with Crippen molar-refractivity contribution in [3.05, 3.63) is 53.1 Å². The summed E-state index contributed by atoms with van der Waals surface area (Å²) in [5.74, 6) is 0.460. The molecule has 1 aliphatic heterocycles. The fraction of sp³-hybridized carbons (Fsp3) is 0.389. The molecule has 0 aliphatic carbocycles. The van der Waals surface area contributed by atoms with Crippen molar-refractivity contribution in [2.24, 2.45) is 0 Å². The van der Waals surface area contributed by atoms with Crippen LogP contribution >= 0.6 is 0 Å². The van der Waals surface area contributed by atoms with E-state index in [4.69, 9.17) is 9.47 Å². The van der Waals surface area contributed by atoms with Crippen LogP contribution in [0.25, 0.3) is 0 Å². The predicted molar refractivity (Wildman–Crippen MR) is 84.7 cm³/mol. The summed E-state index contributed by atoms with van der Waals surface area (Å²) in [4.78, 5) is 11.6. The van der Waals surface area contributed by atoms with Gasteiger partial charge in [-0.2, -0.15) is 0 Å². The zero-order valence-electron chi connectivity index (χ0n) is 13.3. The lowest BCUT2D eigenvalue weighted by molar-refractivity contribution is -0.138. The van der Waals surface area contributed by atoms with Gasteiger partial charge in [0.25, 0.3) is 0 Å². The Hall–Kier alpha value is -2.07. The molecule has 1 N–H and O–H groups in total. The minimum absolute atomic E-state index is 0.145. The second-order valence-electron chi connectivity index (χ2n) is 5.56. The van der Waals surface area contributed by atoms with Gasteiger partial charge in [-0.05, 0) is 44.0 Å². The molecule has 118 valence electrons. The van der Waals surface area contributed by atoms with Crippen molar-refractivity contribution in [2.45, 2.75) is 39.4 Å². The van der Waals surface area contributed by atoms with Crippen LogP contribution in [0.2, 0.25) is 0 Å². The van der Waals surface area contributed by atoms with Crippen LogP contribution in [0.15, 0.2) is 42.0 Å². The molecule has 0 aromatic heterocycles. The van der Waals surface area contributed by atoms with Crippen LogP contribution in [-0.2, 0) is 16.0 Å². The summed E-state index contributed by atoms with van der Waals surface area (Å²) in [5, 5.41) is 9.63. The average molecular weight is 302 g/mol. The first-order chi connectivity index (χ1) is 10.4. The number of carbonyl (C=O) groups excluding carboxylic acids is 1. The third kappa shape index (κ3) is 3.57. The van der Waals surface area contributed by atoms with E-state index in [1.54, 1.807) is 26.8 Å². The van der Waals surface area contributed by atoms with Crippen molar-refractivity contribution in [3.8, 4) is 5.75 Å². The van der Waals surface area contributed by atoms with E-state index in [2.05, 4.69) is 6.58 Å². The molecule has 22 heavy (non-hydrogen) atoms. The molecule has 0 saturated carbocycles. The summed E-state index contributed by atoms with van der Waals surface area (Å²) in [6.45, 7) is 9.35. The van der Waals surface area contributed by atoms with Gasteiger partial charge in [0.2, 0.25) is 0 Å². The first kappa shape index (κ1) is 16.3. The van der Waals surface area contributed by atoms with Crippen LogP contribution in [0.5, 0.6) is 5.75 Å². The van der Waals surface area contributed by atoms with E-state index in [1.807, 2.05) is 18.2 Å². The summed E-state index contributed by atoms with van der Waals surface area (Å²) >= 11 is 0. The third-order valence-electron chi connectivity index (χ3n) is 3.84. The maximum absolute atomic E-state index is 11.6. The quantitative estimate of drug-likeness (QED) is 0.516. The van der Waals surface area contributed by atoms with Crippen LogP contribution < -0.4 is 4.74 Å². The summed E-state index contributed by atoms with van der Waals surface area (Å²) in [6.07, 6.45) is 1.69. The normalized spacial score (nSPS) is 18.4. The van der Waals surface area contributed by atoms with Crippen molar-refractivity contribution in [3.63, 3.8) is 0 Å². The second kappa shape index (κ2) is 6.79. The van der Waals surface area contributed by atoms with E-state index in [0.717, 1.165) is 22.4 Å². The number of aliphatic hydroxyl groups is 1. The highest BCUT2D eigenvalue weighted by Gasteiger charge is 2.26. The van der Waals surface area contributed by atoms with Crippen LogP contribution in [0.4, 0.5) is 0 Å². The van der Waals surface area contributed by atoms with E-state index >= 15 is 0 Å². The summed E-state index contributed by atoms with van der Waals surface area (Å²) in [5.41, 5.74) is 3.21. The Morgan fingerprint density at radius 1 is 1.59 bits per heavy atom. The molecule has 0 amide bonds. The van der Waals surface area contributed by atoms with Crippen LogP contribution in [0.3, 0.4) is 0 Å². The lowest BCUT2D eigenvalue weighted by Crippen LogP contribution is -2.20. The number of fused-ring (bicyclic) bond motifs is 1. The van der Waals surface area contributed by atoms with Crippen molar-refractivity contribution >= 4 is 5.97 Å². The Morgan fingerprint density at radius 3 is 2.95 bits per heavy atom. The Balaban J connectivity index is 1.95. The number of esters is 1. The van der Waals surface area contributed by atoms with Gasteiger partial charge in [0.15, 0.2) is 0 Å². The van der Waals surface area contributed by atoms with Gasteiger partial charge < -0.3 is 14.6 Å². The molecule has 0 spiro atoms. The van der Waals surface area contributed by atoms with Gasteiger partial charge in [0.1, 0.15) is 18.5 Å². The van der Waals surface area contributed by atoms with Gasteiger partial charge in [0, 0.05) is 17.6 Å². The van der Waals surface area contributed by atoms with Gasteiger partial charge in [-0.1, -0.05) is 18.7 Å². The van der Waals surface area contributed by atoms with Crippen LogP contribution in [0.1, 0.15) is 38.0 Å². The molecule has 2 rings (SSSR count). The van der Waals surface area contributed by atoms with Gasteiger partial charge >= 0.3 is 5.97 Å². The van der Waals surface area contributed by atoms with Gasteiger partial charge in [0.05, 0.1) is 6.10 Å². The molecular weight excluding hydrogens is 280 g/mol. The highest BCUT2D eigenvalue weighted by Crippen LogP contribution is 2.33. The number of rotatable bonds is 5. The molecule has 0 saturated heterocycles. The molecule has 1 aromatic rings.